The van der Waals surface area contributed by atoms with E-state index in [1.54, 1.807) is 0 Å². The van der Waals surface area contributed by atoms with E-state index in [9.17, 15) is 4.79 Å². The predicted octanol–water partition coefficient (Wildman–Crippen LogP) is 2.84. The van der Waals surface area contributed by atoms with Crippen LogP contribution in [0.5, 0.6) is 0 Å². The number of benzene rings is 1. The Morgan fingerprint density at radius 2 is 2.24 bits per heavy atom. The van der Waals surface area contributed by atoms with E-state index >= 15 is 0 Å². The second kappa shape index (κ2) is 5.54. The van der Waals surface area contributed by atoms with Gasteiger partial charge in [0, 0.05) is 16.7 Å². The van der Waals surface area contributed by atoms with Gasteiger partial charge < -0.3 is 10.6 Å². The van der Waals surface area contributed by atoms with Gasteiger partial charge in [0.15, 0.2) is 0 Å². The van der Waals surface area contributed by atoms with Crippen LogP contribution in [0, 0.1) is 6.92 Å². The van der Waals surface area contributed by atoms with Gasteiger partial charge >= 0.3 is 0 Å². The Kier molecular flexibility index (Phi) is 4.05. The molecule has 1 aliphatic heterocycles. The third-order valence-electron chi connectivity index (χ3n) is 3.06. The lowest BCUT2D eigenvalue weighted by atomic mass is 10.1. The molecule has 0 aromatic heterocycles. The summed E-state index contributed by atoms with van der Waals surface area (Å²) in [5.74, 6) is 0.107. The van der Waals surface area contributed by atoms with Crippen LogP contribution in [0.4, 0.5) is 5.69 Å². The Balaban J connectivity index is 2.13. The molecule has 1 aromatic rings. The van der Waals surface area contributed by atoms with Crippen molar-refractivity contribution < 1.29 is 4.79 Å². The number of carbonyl (C=O) groups excluding carboxylic acids is 1. The van der Waals surface area contributed by atoms with E-state index in [1.165, 1.54) is 5.56 Å². The molecule has 1 amide bonds. The standard InChI is InChI=1S/C13H17BrN2O/c1-9-5-4-7-10(12(9)14)16-11-6-2-3-8-15-13(11)17/h4-5,7,11,16H,2-3,6,8H2,1H3,(H,15,17). The van der Waals surface area contributed by atoms with Gasteiger partial charge in [0.2, 0.25) is 5.91 Å². The summed E-state index contributed by atoms with van der Waals surface area (Å²) in [4.78, 5) is 11.8. The molecule has 1 aliphatic rings. The highest BCUT2D eigenvalue weighted by atomic mass is 79.9. The van der Waals surface area contributed by atoms with E-state index in [2.05, 4.69) is 26.6 Å². The van der Waals surface area contributed by atoms with E-state index in [0.717, 1.165) is 36.0 Å². The number of nitrogens with one attached hydrogen (secondary N) is 2. The molecule has 0 spiro atoms. The predicted molar refractivity (Wildman–Crippen MR) is 73.2 cm³/mol. The Labute approximate surface area is 110 Å². The summed E-state index contributed by atoms with van der Waals surface area (Å²) in [5, 5.41) is 6.25. The average Bonchev–Trinajstić information content (AvgIpc) is 2.51. The van der Waals surface area contributed by atoms with Gasteiger partial charge in [-0.1, -0.05) is 12.1 Å². The van der Waals surface area contributed by atoms with Gasteiger partial charge in [-0.15, -0.1) is 0 Å². The number of hydrogen-bond donors (Lipinski definition) is 2. The van der Waals surface area contributed by atoms with E-state index in [1.807, 2.05) is 25.1 Å². The van der Waals surface area contributed by atoms with Gasteiger partial charge in [0.25, 0.3) is 0 Å². The number of carbonyl (C=O) groups is 1. The molecule has 0 aliphatic carbocycles. The van der Waals surface area contributed by atoms with Crippen LogP contribution < -0.4 is 10.6 Å². The van der Waals surface area contributed by atoms with Crippen LogP contribution in [-0.2, 0) is 4.79 Å². The van der Waals surface area contributed by atoms with Gasteiger partial charge in [0.1, 0.15) is 6.04 Å². The van der Waals surface area contributed by atoms with Crippen molar-refractivity contribution in [1.29, 1.82) is 0 Å². The molecule has 1 heterocycles. The molecule has 0 bridgehead atoms. The third-order valence-corrected chi connectivity index (χ3v) is 4.11. The fourth-order valence-electron chi connectivity index (χ4n) is 2.02. The topological polar surface area (TPSA) is 41.1 Å². The molecule has 1 fully saturated rings. The summed E-state index contributed by atoms with van der Waals surface area (Å²) in [6, 6.07) is 5.92. The van der Waals surface area contributed by atoms with Gasteiger partial charge in [-0.25, -0.2) is 0 Å². The number of amides is 1. The maximum Gasteiger partial charge on any atom is 0.242 e. The number of rotatable bonds is 2. The van der Waals surface area contributed by atoms with E-state index in [4.69, 9.17) is 0 Å². The van der Waals surface area contributed by atoms with Crippen molar-refractivity contribution >= 4 is 27.5 Å². The first-order valence-electron chi connectivity index (χ1n) is 5.98. The molecule has 4 heteroatoms. The van der Waals surface area contributed by atoms with E-state index < -0.39 is 0 Å². The maximum atomic E-state index is 11.8. The Morgan fingerprint density at radius 3 is 3.06 bits per heavy atom. The molecule has 1 aromatic carbocycles. The van der Waals surface area contributed by atoms with Crippen LogP contribution in [0.2, 0.25) is 0 Å². The monoisotopic (exact) mass is 296 g/mol. The van der Waals surface area contributed by atoms with Gasteiger partial charge in [-0.3, -0.25) is 4.79 Å². The summed E-state index contributed by atoms with van der Waals surface area (Å²) < 4.78 is 1.04. The second-order valence-electron chi connectivity index (χ2n) is 4.42. The number of hydrogen-bond acceptors (Lipinski definition) is 2. The van der Waals surface area contributed by atoms with Crippen LogP contribution in [0.1, 0.15) is 24.8 Å². The minimum atomic E-state index is -0.115. The van der Waals surface area contributed by atoms with Gasteiger partial charge in [0.05, 0.1) is 0 Å². The molecule has 1 saturated heterocycles. The molecule has 0 radical (unpaired) electrons. The van der Waals surface area contributed by atoms with Crippen molar-refractivity contribution in [3.05, 3.63) is 28.2 Å². The second-order valence-corrected chi connectivity index (χ2v) is 5.21. The quantitative estimate of drug-likeness (QED) is 0.881. The first-order chi connectivity index (χ1) is 8.18. The minimum absolute atomic E-state index is 0.107. The zero-order valence-corrected chi connectivity index (χ0v) is 11.5. The summed E-state index contributed by atoms with van der Waals surface area (Å²) in [6.07, 6.45) is 3.05. The van der Waals surface area contributed by atoms with Crippen molar-refractivity contribution in [3.63, 3.8) is 0 Å². The molecule has 0 saturated carbocycles. The SMILES string of the molecule is Cc1cccc(NC2CCCCNC2=O)c1Br. The largest absolute Gasteiger partial charge is 0.373 e. The van der Waals surface area contributed by atoms with Crippen LogP contribution in [0.3, 0.4) is 0 Å². The van der Waals surface area contributed by atoms with Crippen molar-refractivity contribution in [3.8, 4) is 0 Å². The molecule has 92 valence electrons. The molecule has 2 N–H and O–H groups in total. The highest BCUT2D eigenvalue weighted by Crippen LogP contribution is 2.27. The lowest BCUT2D eigenvalue weighted by Crippen LogP contribution is -2.37. The number of halogens is 1. The number of anilines is 1. The van der Waals surface area contributed by atoms with Gasteiger partial charge in [-0.2, -0.15) is 0 Å². The average molecular weight is 297 g/mol. The Morgan fingerprint density at radius 1 is 1.41 bits per heavy atom. The lowest BCUT2D eigenvalue weighted by molar-refractivity contribution is -0.121. The molecule has 1 unspecified atom stereocenters. The van der Waals surface area contributed by atoms with E-state index in [0.29, 0.717) is 0 Å². The van der Waals surface area contributed by atoms with Crippen LogP contribution in [0.15, 0.2) is 22.7 Å². The zero-order chi connectivity index (χ0) is 12.3. The smallest absolute Gasteiger partial charge is 0.242 e. The van der Waals surface area contributed by atoms with Crippen LogP contribution in [0.25, 0.3) is 0 Å². The van der Waals surface area contributed by atoms with Crippen molar-refractivity contribution in [2.24, 2.45) is 0 Å². The molecule has 3 nitrogen and oxygen atoms in total. The molecule has 1 atom stereocenters. The summed E-state index contributed by atoms with van der Waals surface area (Å²) >= 11 is 3.55. The first kappa shape index (κ1) is 12.4. The number of aryl methyl sites for hydroxylation is 1. The Bertz CT molecular complexity index is 420. The molecule has 2 rings (SSSR count). The summed E-state index contributed by atoms with van der Waals surface area (Å²) in [5.41, 5.74) is 2.16. The highest BCUT2D eigenvalue weighted by Gasteiger charge is 2.20. The van der Waals surface area contributed by atoms with Gasteiger partial charge in [-0.05, 0) is 53.7 Å². The zero-order valence-electron chi connectivity index (χ0n) is 9.92. The van der Waals surface area contributed by atoms with Crippen molar-refractivity contribution in [2.45, 2.75) is 32.2 Å². The van der Waals surface area contributed by atoms with E-state index in [-0.39, 0.29) is 11.9 Å². The fraction of sp³-hybridized carbons (Fsp3) is 0.462. The lowest BCUT2D eigenvalue weighted by Gasteiger charge is -2.18. The summed E-state index contributed by atoms with van der Waals surface area (Å²) in [7, 11) is 0. The maximum absolute atomic E-state index is 11.8. The molecule has 17 heavy (non-hydrogen) atoms. The Hall–Kier alpha value is -1.03. The van der Waals surface area contributed by atoms with Crippen molar-refractivity contribution in [1.82, 2.24) is 5.32 Å². The normalized spacial score (nSPS) is 20.6. The van der Waals surface area contributed by atoms with Crippen LogP contribution in [-0.4, -0.2) is 18.5 Å². The highest BCUT2D eigenvalue weighted by molar-refractivity contribution is 9.10. The third kappa shape index (κ3) is 3.00. The minimum Gasteiger partial charge on any atom is -0.373 e. The van der Waals surface area contributed by atoms with Crippen molar-refractivity contribution in [2.75, 3.05) is 11.9 Å². The molecular formula is C13H17BrN2O. The van der Waals surface area contributed by atoms with Crippen LogP contribution >= 0.6 is 15.9 Å². The molecular weight excluding hydrogens is 280 g/mol. The first-order valence-corrected chi connectivity index (χ1v) is 6.77. The summed E-state index contributed by atoms with van der Waals surface area (Å²) in [6.45, 7) is 2.84. The fourth-order valence-corrected chi connectivity index (χ4v) is 2.40.